The van der Waals surface area contributed by atoms with Crippen LogP contribution in [0.4, 0.5) is 11.4 Å². The zero-order valence-corrected chi connectivity index (χ0v) is 19.3. The standard InChI is InChI=1S/C21H24Cl2N10/c1-12-26-18(24)32-21(27-12)33(16-8-4-14(23)5-9-16)11-10-17-29-19(25)31-20(30-17)28-15-6-2-13(22)3-7-15/h2-9,12,17H,10-11H2,1H3,(H3,24,26,27,32)(H4,25,28,29,30,31). The molecule has 0 bridgehead atoms. The Morgan fingerprint density at radius 3 is 2.18 bits per heavy atom. The van der Waals surface area contributed by atoms with Crippen LogP contribution >= 0.6 is 23.2 Å². The van der Waals surface area contributed by atoms with Gasteiger partial charge in [-0.05, 0) is 55.5 Å². The van der Waals surface area contributed by atoms with E-state index in [9.17, 15) is 0 Å². The van der Waals surface area contributed by atoms with Gasteiger partial charge < -0.3 is 21.7 Å². The molecular formula is C21H24Cl2N10. The van der Waals surface area contributed by atoms with Crippen LogP contribution in [0.3, 0.4) is 0 Å². The third kappa shape index (κ3) is 6.05. The van der Waals surface area contributed by atoms with Crippen molar-refractivity contribution in [1.29, 1.82) is 0 Å². The molecule has 2 aliphatic heterocycles. The van der Waals surface area contributed by atoms with Crippen LogP contribution in [0.2, 0.25) is 10.0 Å². The molecule has 2 unspecified atom stereocenters. The van der Waals surface area contributed by atoms with E-state index in [-0.39, 0.29) is 12.1 Å². The van der Waals surface area contributed by atoms with Gasteiger partial charge in [0.25, 0.3) is 0 Å². The number of nitrogens with two attached hydrogens (primary N) is 2. The molecule has 2 heterocycles. The molecular weight excluding hydrogens is 463 g/mol. The quantitative estimate of drug-likeness (QED) is 0.439. The van der Waals surface area contributed by atoms with E-state index in [2.05, 4.69) is 35.9 Å². The van der Waals surface area contributed by atoms with Gasteiger partial charge in [0, 0.05) is 34.4 Å². The van der Waals surface area contributed by atoms with Crippen molar-refractivity contribution in [2.75, 3.05) is 16.8 Å². The molecule has 7 N–H and O–H groups in total. The molecule has 0 saturated heterocycles. The van der Waals surface area contributed by atoms with Crippen molar-refractivity contribution >= 4 is 58.4 Å². The fraction of sp³-hybridized carbons (Fsp3) is 0.238. The van der Waals surface area contributed by atoms with Crippen LogP contribution in [0.1, 0.15) is 13.3 Å². The molecule has 4 rings (SSSR count). The molecule has 2 aromatic rings. The Balaban J connectivity index is 1.51. The average Bonchev–Trinajstić information content (AvgIpc) is 2.76. The summed E-state index contributed by atoms with van der Waals surface area (Å²) in [6, 6.07) is 14.8. The fourth-order valence-corrected chi connectivity index (χ4v) is 3.59. The lowest BCUT2D eigenvalue weighted by Crippen LogP contribution is -2.51. The minimum atomic E-state index is -0.400. The Kier molecular flexibility index (Phi) is 6.85. The Hall–Kier alpha value is -3.50. The van der Waals surface area contributed by atoms with E-state index < -0.39 is 6.17 Å². The van der Waals surface area contributed by atoms with Crippen LogP contribution in [0, 0.1) is 0 Å². The Labute approximate surface area is 201 Å². The van der Waals surface area contributed by atoms with E-state index in [1.807, 2.05) is 48.2 Å². The first kappa shape index (κ1) is 22.7. The van der Waals surface area contributed by atoms with Crippen molar-refractivity contribution in [3.8, 4) is 0 Å². The predicted octanol–water partition coefficient (Wildman–Crippen LogP) is 2.52. The van der Waals surface area contributed by atoms with E-state index in [4.69, 9.17) is 34.7 Å². The Bertz CT molecular complexity index is 1110. The summed E-state index contributed by atoms with van der Waals surface area (Å²) in [7, 11) is 0. The molecule has 0 spiro atoms. The number of rotatable bonds is 5. The third-order valence-electron chi connectivity index (χ3n) is 4.80. The summed E-state index contributed by atoms with van der Waals surface area (Å²) in [5.74, 6) is 1.68. The van der Waals surface area contributed by atoms with Crippen molar-refractivity contribution in [2.45, 2.75) is 25.7 Å². The second-order valence-electron chi connectivity index (χ2n) is 7.37. The second kappa shape index (κ2) is 9.97. The topological polar surface area (TPSA) is 141 Å². The van der Waals surface area contributed by atoms with Crippen molar-refractivity contribution in [3.63, 3.8) is 0 Å². The summed E-state index contributed by atoms with van der Waals surface area (Å²) < 4.78 is 0. The second-order valence-corrected chi connectivity index (χ2v) is 8.24. The predicted molar refractivity (Wildman–Crippen MR) is 136 cm³/mol. The average molecular weight is 487 g/mol. The van der Waals surface area contributed by atoms with Crippen molar-refractivity contribution in [2.24, 2.45) is 31.4 Å². The van der Waals surface area contributed by atoms with Crippen LogP contribution in [-0.2, 0) is 0 Å². The van der Waals surface area contributed by atoms with Gasteiger partial charge in [0.1, 0.15) is 12.3 Å². The van der Waals surface area contributed by atoms with Gasteiger partial charge >= 0.3 is 0 Å². The lowest BCUT2D eigenvalue weighted by molar-refractivity contribution is 0.633. The number of benzene rings is 2. The normalized spacial score (nSPS) is 19.8. The summed E-state index contributed by atoms with van der Waals surface area (Å²) in [6.45, 7) is 2.40. The summed E-state index contributed by atoms with van der Waals surface area (Å²) >= 11 is 12.0. The summed E-state index contributed by atoms with van der Waals surface area (Å²) in [4.78, 5) is 19.8. The zero-order valence-electron chi connectivity index (χ0n) is 17.8. The number of hydrogen-bond acceptors (Lipinski definition) is 10. The minimum absolute atomic E-state index is 0.280. The molecule has 0 saturated carbocycles. The number of halogens is 2. The lowest BCUT2D eigenvalue weighted by atomic mass is 10.2. The number of aliphatic imine (C=N–C) groups is 4. The molecule has 12 heteroatoms. The monoisotopic (exact) mass is 486 g/mol. The number of nitrogens with zero attached hydrogens (tertiary/aromatic N) is 5. The summed E-state index contributed by atoms with van der Waals surface area (Å²) in [6.07, 6.45) is -0.136. The maximum Gasteiger partial charge on any atom is 0.207 e. The van der Waals surface area contributed by atoms with E-state index in [1.165, 1.54) is 0 Å². The molecule has 172 valence electrons. The summed E-state index contributed by atoms with van der Waals surface area (Å²) in [5.41, 5.74) is 13.7. The molecule has 10 nitrogen and oxygen atoms in total. The minimum Gasteiger partial charge on any atom is -0.370 e. The third-order valence-corrected chi connectivity index (χ3v) is 5.30. The first-order valence-electron chi connectivity index (χ1n) is 10.3. The molecule has 2 aliphatic rings. The van der Waals surface area contributed by atoms with Gasteiger partial charge in [0.15, 0.2) is 11.9 Å². The Morgan fingerprint density at radius 1 is 0.879 bits per heavy atom. The molecule has 0 aliphatic carbocycles. The molecule has 0 amide bonds. The highest BCUT2D eigenvalue weighted by molar-refractivity contribution is 6.31. The van der Waals surface area contributed by atoms with E-state index in [1.54, 1.807) is 12.1 Å². The van der Waals surface area contributed by atoms with Crippen LogP contribution in [0.15, 0.2) is 68.5 Å². The largest absolute Gasteiger partial charge is 0.370 e. The number of anilines is 2. The molecule has 2 atom stereocenters. The molecule has 0 fully saturated rings. The number of guanidine groups is 4. The van der Waals surface area contributed by atoms with Crippen LogP contribution in [-0.4, -0.2) is 42.7 Å². The molecule has 33 heavy (non-hydrogen) atoms. The number of hydrogen-bond donors (Lipinski definition) is 5. The van der Waals surface area contributed by atoms with Crippen LogP contribution in [0.5, 0.6) is 0 Å². The first-order chi connectivity index (χ1) is 15.9. The lowest BCUT2D eigenvalue weighted by Gasteiger charge is -2.30. The first-order valence-corrected chi connectivity index (χ1v) is 11.0. The highest BCUT2D eigenvalue weighted by Gasteiger charge is 2.22. The van der Waals surface area contributed by atoms with Crippen molar-refractivity contribution in [1.82, 2.24) is 10.6 Å². The van der Waals surface area contributed by atoms with Gasteiger partial charge in [0.2, 0.25) is 11.9 Å². The number of nitrogens with one attached hydrogen (secondary N) is 3. The maximum absolute atomic E-state index is 6.08. The van der Waals surface area contributed by atoms with E-state index >= 15 is 0 Å². The maximum atomic E-state index is 6.08. The van der Waals surface area contributed by atoms with Gasteiger partial charge in [-0.25, -0.2) is 20.0 Å². The van der Waals surface area contributed by atoms with Gasteiger partial charge in [-0.2, -0.15) is 0 Å². The van der Waals surface area contributed by atoms with Crippen LogP contribution < -0.4 is 32.3 Å². The van der Waals surface area contributed by atoms with Crippen molar-refractivity contribution in [3.05, 3.63) is 58.6 Å². The molecule has 2 aromatic carbocycles. The van der Waals surface area contributed by atoms with Gasteiger partial charge in [0.05, 0.1) is 0 Å². The van der Waals surface area contributed by atoms with E-state index in [0.717, 1.165) is 11.4 Å². The highest BCUT2D eigenvalue weighted by atomic mass is 35.5. The summed E-state index contributed by atoms with van der Waals surface area (Å²) in [5, 5.41) is 10.5. The smallest absolute Gasteiger partial charge is 0.207 e. The fourth-order valence-electron chi connectivity index (χ4n) is 3.33. The van der Waals surface area contributed by atoms with Gasteiger partial charge in [-0.1, -0.05) is 23.2 Å². The van der Waals surface area contributed by atoms with Gasteiger partial charge in [-0.3, -0.25) is 10.6 Å². The highest BCUT2D eigenvalue weighted by Crippen LogP contribution is 2.21. The van der Waals surface area contributed by atoms with Crippen molar-refractivity contribution < 1.29 is 0 Å². The van der Waals surface area contributed by atoms with Gasteiger partial charge in [-0.15, -0.1) is 0 Å². The van der Waals surface area contributed by atoms with Crippen LogP contribution in [0.25, 0.3) is 0 Å². The zero-order chi connectivity index (χ0) is 23.4. The molecule has 0 aromatic heterocycles. The van der Waals surface area contributed by atoms with E-state index in [0.29, 0.717) is 40.9 Å². The SMILES string of the molecule is CC1N=C(N)NC(N(CCC2N=C(N)NC(Nc3ccc(Cl)cc3)=N2)c2ccc(Cl)cc2)=N1. The Morgan fingerprint density at radius 2 is 1.52 bits per heavy atom. The molecule has 0 radical (unpaired) electrons.